The molecule has 0 spiro atoms. The molecule has 2 amide bonds. The first-order valence-corrected chi connectivity index (χ1v) is 10.3. The number of amides is 2. The lowest BCUT2D eigenvalue weighted by molar-refractivity contribution is 0.252. The second kappa shape index (κ2) is 9.82. The summed E-state index contributed by atoms with van der Waals surface area (Å²) < 4.78 is 18.9. The number of urea groups is 1. The fraction of sp³-hybridized carbons (Fsp3) is 0.125. The van der Waals surface area contributed by atoms with Crippen LogP contribution in [0, 0.1) is 5.82 Å². The molecule has 5 N–H and O–H groups in total. The van der Waals surface area contributed by atoms with Crippen LogP contribution < -0.4 is 26.4 Å². The zero-order chi connectivity index (χ0) is 23.2. The average molecular weight is 446 g/mol. The van der Waals surface area contributed by atoms with Crippen molar-refractivity contribution in [3.05, 3.63) is 78.4 Å². The lowest BCUT2D eigenvalue weighted by Crippen LogP contribution is -2.30. The molecule has 8 nitrogen and oxygen atoms in total. The number of carbonyl (C=O) groups is 1. The maximum Gasteiger partial charge on any atom is 0.319 e. The van der Waals surface area contributed by atoms with Gasteiger partial charge in [-0.25, -0.2) is 19.2 Å². The Hall–Kier alpha value is -4.40. The molecule has 0 fully saturated rings. The van der Waals surface area contributed by atoms with Crippen molar-refractivity contribution in [2.75, 3.05) is 30.0 Å². The topological polar surface area (TPSA) is 114 Å². The van der Waals surface area contributed by atoms with Gasteiger partial charge in [0, 0.05) is 19.3 Å². The van der Waals surface area contributed by atoms with E-state index >= 15 is 0 Å². The lowest BCUT2D eigenvalue weighted by atomic mass is 10.1. The molecule has 1 aromatic heterocycles. The van der Waals surface area contributed by atoms with Crippen LogP contribution in [0.4, 0.5) is 26.2 Å². The summed E-state index contributed by atoms with van der Waals surface area (Å²) >= 11 is 0. The van der Waals surface area contributed by atoms with E-state index in [1.165, 1.54) is 18.5 Å². The number of rotatable bonds is 7. The Bertz CT molecular complexity index is 1260. The largest absolute Gasteiger partial charge is 0.438 e. The van der Waals surface area contributed by atoms with Crippen molar-refractivity contribution in [3.8, 4) is 11.6 Å². The molecule has 4 aromatic rings. The molecule has 0 saturated carbocycles. The molecule has 3 aromatic carbocycles. The third kappa shape index (κ3) is 5.45. The van der Waals surface area contributed by atoms with E-state index in [1.807, 2.05) is 6.07 Å². The number of nitrogens with two attached hydrogens (primary N) is 1. The van der Waals surface area contributed by atoms with Crippen LogP contribution in [-0.4, -0.2) is 29.6 Å². The standard InChI is InChI=1S/C24H23FN6O2/c1-27-22-13-21-19(12-20(22)26)23(30-14-29-21)33-18-8-6-17(7-9-18)31-24(32)28-11-10-15-2-4-16(25)5-3-15/h2-9,12-14,27H,10-11,26H2,1H3,(H2,28,31,32). The second-order valence-corrected chi connectivity index (χ2v) is 7.27. The minimum Gasteiger partial charge on any atom is -0.438 e. The summed E-state index contributed by atoms with van der Waals surface area (Å²) in [6.07, 6.45) is 2.03. The number of nitrogens with one attached hydrogen (secondary N) is 3. The normalized spacial score (nSPS) is 10.6. The molecule has 4 rings (SSSR count). The highest BCUT2D eigenvalue weighted by atomic mass is 19.1. The van der Waals surface area contributed by atoms with Crippen molar-refractivity contribution in [3.63, 3.8) is 0 Å². The predicted molar refractivity (Wildman–Crippen MR) is 127 cm³/mol. The van der Waals surface area contributed by atoms with E-state index in [0.29, 0.717) is 46.9 Å². The number of fused-ring (bicyclic) bond motifs is 1. The van der Waals surface area contributed by atoms with E-state index in [2.05, 4.69) is 25.9 Å². The molecule has 9 heteroatoms. The number of carbonyl (C=O) groups excluding carboxylic acids is 1. The molecule has 0 unspecified atom stereocenters. The Morgan fingerprint density at radius 3 is 2.55 bits per heavy atom. The number of nitrogen functional groups attached to an aromatic ring is 1. The van der Waals surface area contributed by atoms with Gasteiger partial charge < -0.3 is 26.4 Å². The zero-order valence-electron chi connectivity index (χ0n) is 17.9. The quantitative estimate of drug-likeness (QED) is 0.310. The van der Waals surface area contributed by atoms with E-state index < -0.39 is 0 Å². The van der Waals surface area contributed by atoms with E-state index in [-0.39, 0.29) is 11.8 Å². The van der Waals surface area contributed by atoms with E-state index in [4.69, 9.17) is 10.5 Å². The van der Waals surface area contributed by atoms with Gasteiger partial charge >= 0.3 is 6.03 Å². The van der Waals surface area contributed by atoms with E-state index in [1.54, 1.807) is 49.5 Å². The number of aromatic nitrogens is 2. The minimum absolute atomic E-state index is 0.281. The Morgan fingerprint density at radius 1 is 1.06 bits per heavy atom. The molecule has 33 heavy (non-hydrogen) atoms. The van der Waals surface area contributed by atoms with Crippen LogP contribution in [0.5, 0.6) is 11.6 Å². The van der Waals surface area contributed by atoms with Crippen molar-refractivity contribution in [2.24, 2.45) is 0 Å². The number of nitrogens with zero attached hydrogens (tertiary/aromatic N) is 2. The number of hydrogen-bond donors (Lipinski definition) is 4. The van der Waals surface area contributed by atoms with E-state index in [0.717, 1.165) is 11.3 Å². The molecule has 0 bridgehead atoms. The highest BCUT2D eigenvalue weighted by molar-refractivity contribution is 5.92. The van der Waals surface area contributed by atoms with Gasteiger partial charge in [0.15, 0.2) is 0 Å². The predicted octanol–water partition coefficient (Wildman–Crippen LogP) is 4.55. The van der Waals surface area contributed by atoms with Gasteiger partial charge in [0.1, 0.15) is 17.9 Å². The van der Waals surface area contributed by atoms with Crippen molar-refractivity contribution >= 4 is 34.0 Å². The molecular formula is C24H23FN6O2. The fourth-order valence-corrected chi connectivity index (χ4v) is 3.26. The van der Waals surface area contributed by atoms with Crippen LogP contribution in [0.1, 0.15) is 5.56 Å². The molecule has 0 aliphatic rings. The number of benzene rings is 3. The number of anilines is 3. The van der Waals surface area contributed by atoms with Crippen molar-refractivity contribution in [1.29, 1.82) is 0 Å². The van der Waals surface area contributed by atoms with Gasteiger partial charge in [-0.15, -0.1) is 0 Å². The van der Waals surface area contributed by atoms with Gasteiger partial charge in [-0.05, 0) is 60.5 Å². The minimum atomic E-state index is -0.330. The van der Waals surface area contributed by atoms with Gasteiger partial charge in [-0.2, -0.15) is 0 Å². The maximum absolute atomic E-state index is 12.9. The van der Waals surface area contributed by atoms with Crippen molar-refractivity contribution in [2.45, 2.75) is 6.42 Å². The first kappa shape index (κ1) is 21.8. The molecule has 0 aliphatic heterocycles. The van der Waals surface area contributed by atoms with Crippen LogP contribution in [0.3, 0.4) is 0 Å². The molecule has 0 radical (unpaired) electrons. The van der Waals surface area contributed by atoms with Crippen LogP contribution in [0.25, 0.3) is 10.9 Å². The molecular weight excluding hydrogens is 423 g/mol. The highest BCUT2D eigenvalue weighted by Gasteiger charge is 2.10. The van der Waals surface area contributed by atoms with Gasteiger partial charge in [-0.1, -0.05) is 12.1 Å². The SMILES string of the molecule is CNc1cc2ncnc(Oc3ccc(NC(=O)NCCc4ccc(F)cc4)cc3)c2cc1N. The van der Waals surface area contributed by atoms with Crippen LogP contribution in [0.2, 0.25) is 0 Å². The number of halogens is 1. The Balaban J connectivity index is 1.35. The number of hydrogen-bond acceptors (Lipinski definition) is 6. The van der Waals surface area contributed by atoms with Crippen molar-refractivity contribution in [1.82, 2.24) is 15.3 Å². The smallest absolute Gasteiger partial charge is 0.319 e. The lowest BCUT2D eigenvalue weighted by Gasteiger charge is -2.11. The Kier molecular flexibility index (Phi) is 6.49. The first-order chi connectivity index (χ1) is 16.0. The molecule has 0 atom stereocenters. The first-order valence-electron chi connectivity index (χ1n) is 10.3. The van der Waals surface area contributed by atoms with Gasteiger partial charge in [-0.3, -0.25) is 0 Å². The van der Waals surface area contributed by atoms with Crippen LogP contribution >= 0.6 is 0 Å². The van der Waals surface area contributed by atoms with Gasteiger partial charge in [0.25, 0.3) is 0 Å². The maximum atomic E-state index is 12.9. The second-order valence-electron chi connectivity index (χ2n) is 7.27. The average Bonchev–Trinajstić information content (AvgIpc) is 2.81. The van der Waals surface area contributed by atoms with Gasteiger partial charge in [0.2, 0.25) is 5.88 Å². The van der Waals surface area contributed by atoms with Crippen LogP contribution in [0.15, 0.2) is 67.0 Å². The Labute approximate surface area is 190 Å². The summed E-state index contributed by atoms with van der Waals surface area (Å²) in [6.45, 7) is 0.428. The third-order valence-electron chi connectivity index (χ3n) is 4.98. The third-order valence-corrected chi connectivity index (χ3v) is 4.98. The zero-order valence-corrected chi connectivity index (χ0v) is 17.9. The highest BCUT2D eigenvalue weighted by Crippen LogP contribution is 2.32. The van der Waals surface area contributed by atoms with Crippen LogP contribution in [-0.2, 0) is 6.42 Å². The Morgan fingerprint density at radius 2 is 1.82 bits per heavy atom. The fourth-order valence-electron chi connectivity index (χ4n) is 3.26. The molecule has 168 valence electrons. The summed E-state index contributed by atoms with van der Waals surface area (Å²) in [7, 11) is 1.79. The summed E-state index contributed by atoms with van der Waals surface area (Å²) in [5.41, 5.74) is 9.66. The van der Waals surface area contributed by atoms with Gasteiger partial charge in [0.05, 0.1) is 22.3 Å². The number of ether oxygens (including phenoxy) is 1. The summed E-state index contributed by atoms with van der Waals surface area (Å²) in [6, 6.07) is 16.4. The van der Waals surface area contributed by atoms with Crippen molar-refractivity contribution < 1.29 is 13.9 Å². The van der Waals surface area contributed by atoms with E-state index in [9.17, 15) is 9.18 Å². The molecule has 1 heterocycles. The molecule has 0 saturated heterocycles. The monoisotopic (exact) mass is 446 g/mol. The summed E-state index contributed by atoms with van der Waals surface area (Å²) in [5.74, 6) is 0.652. The summed E-state index contributed by atoms with van der Waals surface area (Å²) in [4.78, 5) is 20.6. The molecule has 0 aliphatic carbocycles. The summed E-state index contributed by atoms with van der Waals surface area (Å²) in [5, 5.41) is 9.25.